The van der Waals surface area contributed by atoms with Gasteiger partial charge in [-0.15, -0.1) is 12.3 Å². The molecule has 1 rings (SSSR count). The van der Waals surface area contributed by atoms with E-state index in [-0.39, 0.29) is 0 Å². The van der Waals surface area contributed by atoms with Crippen molar-refractivity contribution in [2.45, 2.75) is 12.5 Å². The molecule has 1 N–H and O–H groups in total. The normalized spacial score (nSPS) is 12.2. The van der Waals surface area contributed by atoms with Gasteiger partial charge in [0.05, 0.1) is 11.1 Å². The highest BCUT2D eigenvalue weighted by Crippen LogP contribution is 2.26. The van der Waals surface area contributed by atoms with Gasteiger partial charge < -0.3 is 5.11 Å². The van der Waals surface area contributed by atoms with Gasteiger partial charge in [0.2, 0.25) is 0 Å². The molecule has 0 aliphatic heterocycles. The summed E-state index contributed by atoms with van der Waals surface area (Å²) in [7, 11) is 0. The van der Waals surface area contributed by atoms with Crippen LogP contribution in [0.3, 0.4) is 0 Å². The number of terminal acetylenes is 1. The largest absolute Gasteiger partial charge is 0.387 e. The zero-order valence-corrected chi connectivity index (χ0v) is 9.14. The molecule has 0 spiro atoms. The third-order valence-corrected chi connectivity index (χ3v) is 2.87. The Morgan fingerprint density at radius 3 is 2.85 bits per heavy atom. The third-order valence-electron chi connectivity index (χ3n) is 1.64. The topological polar surface area (TPSA) is 20.2 Å². The predicted molar refractivity (Wildman–Crippen MR) is 57.6 cm³/mol. The van der Waals surface area contributed by atoms with Crippen LogP contribution in [0.15, 0.2) is 22.7 Å². The van der Waals surface area contributed by atoms with Crippen molar-refractivity contribution in [1.82, 2.24) is 0 Å². The highest BCUT2D eigenvalue weighted by atomic mass is 79.9. The summed E-state index contributed by atoms with van der Waals surface area (Å²) in [4.78, 5) is 0. The predicted octanol–water partition coefficient (Wildman–Crippen LogP) is 3.16. The zero-order valence-electron chi connectivity index (χ0n) is 6.80. The lowest BCUT2D eigenvalue weighted by Gasteiger charge is -2.07. The first kappa shape index (κ1) is 10.6. The van der Waals surface area contributed by atoms with Gasteiger partial charge in [-0.2, -0.15) is 0 Å². The minimum absolute atomic E-state index is 0.304. The second-order valence-electron chi connectivity index (χ2n) is 2.60. The van der Waals surface area contributed by atoms with Crippen LogP contribution in [-0.2, 0) is 0 Å². The summed E-state index contributed by atoms with van der Waals surface area (Å²) in [5.41, 5.74) is 0.742. The second kappa shape index (κ2) is 4.66. The number of rotatable bonds is 2. The standard InChI is InChI=1S/C10H8BrClO/c1-2-3-10(13)7-4-5-8(11)9(12)6-7/h1,4-6,10,13H,3H2. The Morgan fingerprint density at radius 2 is 2.31 bits per heavy atom. The number of hydrogen-bond donors (Lipinski definition) is 1. The second-order valence-corrected chi connectivity index (χ2v) is 3.86. The average molecular weight is 260 g/mol. The molecule has 0 aromatic heterocycles. The Balaban J connectivity index is 2.91. The van der Waals surface area contributed by atoms with Gasteiger partial charge in [0, 0.05) is 10.9 Å². The molecule has 1 aromatic rings. The van der Waals surface area contributed by atoms with Gasteiger partial charge in [0.25, 0.3) is 0 Å². The van der Waals surface area contributed by atoms with E-state index in [4.69, 9.17) is 18.0 Å². The molecule has 0 amide bonds. The lowest BCUT2D eigenvalue weighted by Crippen LogP contribution is -1.95. The molecule has 1 nitrogen and oxygen atoms in total. The number of halogens is 2. The van der Waals surface area contributed by atoms with Crippen molar-refractivity contribution in [3.8, 4) is 12.3 Å². The first-order chi connectivity index (χ1) is 6.15. The molecule has 1 atom stereocenters. The Hall–Kier alpha value is -0.490. The summed E-state index contributed by atoms with van der Waals surface area (Å²) in [6, 6.07) is 5.28. The van der Waals surface area contributed by atoms with E-state index in [1.165, 1.54) is 0 Å². The molecule has 13 heavy (non-hydrogen) atoms. The highest BCUT2D eigenvalue weighted by molar-refractivity contribution is 9.10. The fourth-order valence-corrected chi connectivity index (χ4v) is 1.38. The van der Waals surface area contributed by atoms with Gasteiger partial charge >= 0.3 is 0 Å². The van der Waals surface area contributed by atoms with Crippen LogP contribution in [-0.4, -0.2) is 5.11 Å². The van der Waals surface area contributed by atoms with Crippen LogP contribution in [0, 0.1) is 12.3 Å². The molecular weight excluding hydrogens is 251 g/mol. The maximum absolute atomic E-state index is 9.52. The van der Waals surface area contributed by atoms with Crippen molar-refractivity contribution in [2.75, 3.05) is 0 Å². The lowest BCUT2D eigenvalue weighted by molar-refractivity contribution is 0.184. The summed E-state index contributed by atoms with van der Waals surface area (Å²) in [5.74, 6) is 2.40. The summed E-state index contributed by atoms with van der Waals surface area (Å²) in [6.45, 7) is 0. The van der Waals surface area contributed by atoms with Crippen molar-refractivity contribution in [3.05, 3.63) is 33.3 Å². The van der Waals surface area contributed by atoms with Crippen molar-refractivity contribution >= 4 is 27.5 Å². The first-order valence-corrected chi connectivity index (χ1v) is 4.88. The van der Waals surface area contributed by atoms with Gasteiger partial charge in [0.1, 0.15) is 0 Å². The molecule has 0 heterocycles. The van der Waals surface area contributed by atoms with Crippen LogP contribution in [0.25, 0.3) is 0 Å². The maximum Gasteiger partial charge on any atom is 0.0899 e. The van der Waals surface area contributed by atoms with Crippen molar-refractivity contribution < 1.29 is 5.11 Å². The molecule has 0 bridgehead atoms. The molecule has 0 aliphatic carbocycles. The van der Waals surface area contributed by atoms with Crippen LogP contribution in [0.1, 0.15) is 18.1 Å². The first-order valence-electron chi connectivity index (χ1n) is 3.71. The van der Waals surface area contributed by atoms with E-state index >= 15 is 0 Å². The van der Waals surface area contributed by atoms with Gasteiger partial charge in [-0.1, -0.05) is 17.7 Å². The maximum atomic E-state index is 9.52. The highest BCUT2D eigenvalue weighted by Gasteiger charge is 2.07. The van der Waals surface area contributed by atoms with Gasteiger partial charge in [0.15, 0.2) is 0 Å². The van der Waals surface area contributed by atoms with Gasteiger partial charge in [-0.05, 0) is 33.6 Å². The van der Waals surface area contributed by atoms with E-state index in [1.807, 2.05) is 0 Å². The third kappa shape index (κ3) is 2.73. The molecule has 68 valence electrons. The minimum atomic E-state index is -0.629. The number of hydrogen-bond acceptors (Lipinski definition) is 1. The van der Waals surface area contributed by atoms with E-state index < -0.39 is 6.10 Å². The van der Waals surface area contributed by atoms with Crippen molar-refractivity contribution in [1.29, 1.82) is 0 Å². The van der Waals surface area contributed by atoms with E-state index in [9.17, 15) is 5.11 Å². The van der Waals surface area contributed by atoms with E-state index in [1.54, 1.807) is 18.2 Å². The van der Waals surface area contributed by atoms with Crippen molar-refractivity contribution in [3.63, 3.8) is 0 Å². The average Bonchev–Trinajstić information content (AvgIpc) is 2.10. The molecule has 3 heteroatoms. The molecule has 0 radical (unpaired) electrons. The number of aliphatic hydroxyl groups excluding tert-OH is 1. The molecule has 1 aromatic carbocycles. The van der Waals surface area contributed by atoms with E-state index in [2.05, 4.69) is 21.9 Å². The Morgan fingerprint density at radius 1 is 1.62 bits per heavy atom. The van der Waals surface area contributed by atoms with Crippen LogP contribution < -0.4 is 0 Å². The van der Waals surface area contributed by atoms with Gasteiger partial charge in [-0.25, -0.2) is 0 Å². The molecule has 0 saturated heterocycles. The molecular formula is C10H8BrClO. The van der Waals surface area contributed by atoms with E-state index in [0.717, 1.165) is 10.0 Å². The Labute approximate surface area is 90.9 Å². The monoisotopic (exact) mass is 258 g/mol. The molecule has 1 unspecified atom stereocenters. The summed E-state index contributed by atoms with van der Waals surface area (Å²) >= 11 is 9.11. The van der Waals surface area contributed by atoms with Crippen molar-refractivity contribution in [2.24, 2.45) is 0 Å². The van der Waals surface area contributed by atoms with E-state index in [0.29, 0.717) is 11.4 Å². The number of aliphatic hydroxyl groups is 1. The van der Waals surface area contributed by atoms with Crippen LogP contribution in [0.4, 0.5) is 0 Å². The van der Waals surface area contributed by atoms with Crippen LogP contribution in [0.5, 0.6) is 0 Å². The summed E-state index contributed by atoms with van der Waals surface area (Å²) in [5, 5.41) is 10.1. The molecule has 0 aliphatic rings. The summed E-state index contributed by atoms with van der Waals surface area (Å²) in [6.07, 6.45) is 4.76. The molecule has 0 saturated carbocycles. The van der Waals surface area contributed by atoms with Crippen LogP contribution in [0.2, 0.25) is 5.02 Å². The quantitative estimate of drug-likeness (QED) is 0.809. The smallest absolute Gasteiger partial charge is 0.0899 e. The fourth-order valence-electron chi connectivity index (χ4n) is 0.949. The minimum Gasteiger partial charge on any atom is -0.387 e. The molecule has 0 fully saturated rings. The van der Waals surface area contributed by atoms with Gasteiger partial charge in [-0.3, -0.25) is 0 Å². The summed E-state index contributed by atoms with van der Waals surface area (Å²) < 4.78 is 0.811. The Bertz CT molecular complexity index is 343. The lowest BCUT2D eigenvalue weighted by atomic mass is 10.1. The Kier molecular flexibility index (Phi) is 3.80. The van der Waals surface area contributed by atoms with Crippen LogP contribution >= 0.6 is 27.5 Å². The zero-order chi connectivity index (χ0) is 9.84. The fraction of sp³-hybridized carbons (Fsp3) is 0.200. The SMILES string of the molecule is C#CCC(O)c1ccc(Br)c(Cl)c1. The number of benzene rings is 1.